The van der Waals surface area contributed by atoms with Gasteiger partial charge in [0.25, 0.3) is 0 Å². The maximum Gasteiger partial charge on any atom is 0.338 e. The number of halogens is 1. The highest BCUT2D eigenvalue weighted by Crippen LogP contribution is 2.34. The van der Waals surface area contributed by atoms with Crippen molar-refractivity contribution in [1.29, 1.82) is 0 Å². The molecule has 23 heavy (non-hydrogen) atoms. The van der Waals surface area contributed by atoms with E-state index < -0.39 is 23.9 Å². The Labute approximate surface area is 139 Å². The Morgan fingerprint density at radius 1 is 1.30 bits per heavy atom. The van der Waals surface area contributed by atoms with Gasteiger partial charge in [0, 0.05) is 5.70 Å². The van der Waals surface area contributed by atoms with Gasteiger partial charge in [-0.05, 0) is 19.4 Å². The van der Waals surface area contributed by atoms with Gasteiger partial charge in [-0.2, -0.15) is 0 Å². The number of urea groups is 1. The largest absolute Gasteiger partial charge is 0.463 e. The van der Waals surface area contributed by atoms with E-state index in [9.17, 15) is 14.4 Å². The molecule has 7 heteroatoms. The normalized spacial score (nSPS) is 17.8. The number of imide groups is 1. The molecule has 6 nitrogen and oxygen atoms in total. The summed E-state index contributed by atoms with van der Waals surface area (Å²) >= 11 is 5.62. The molecule has 1 atom stereocenters. The summed E-state index contributed by atoms with van der Waals surface area (Å²) in [6, 6.07) is 7.34. The second-order valence-electron chi connectivity index (χ2n) is 4.90. The van der Waals surface area contributed by atoms with Crippen LogP contribution in [0.15, 0.2) is 41.6 Å². The van der Waals surface area contributed by atoms with Crippen molar-refractivity contribution < 1.29 is 19.1 Å². The van der Waals surface area contributed by atoms with Crippen LogP contribution in [0.1, 0.15) is 25.5 Å². The van der Waals surface area contributed by atoms with E-state index in [4.69, 9.17) is 16.3 Å². The molecule has 1 aliphatic heterocycles. The van der Waals surface area contributed by atoms with Crippen molar-refractivity contribution in [3.63, 3.8) is 0 Å². The Hall–Kier alpha value is -2.34. The lowest BCUT2D eigenvalue weighted by atomic mass is 9.94. The zero-order chi connectivity index (χ0) is 17.0. The van der Waals surface area contributed by atoms with Crippen molar-refractivity contribution in [2.45, 2.75) is 19.9 Å². The van der Waals surface area contributed by atoms with Crippen molar-refractivity contribution in [2.75, 3.05) is 12.5 Å². The van der Waals surface area contributed by atoms with Crippen LogP contribution in [0.3, 0.4) is 0 Å². The number of benzene rings is 1. The van der Waals surface area contributed by atoms with E-state index in [0.29, 0.717) is 11.3 Å². The van der Waals surface area contributed by atoms with Gasteiger partial charge in [0.1, 0.15) is 11.9 Å². The molecule has 0 saturated carbocycles. The number of carbonyl (C=O) groups excluding carboxylic acids is 3. The van der Waals surface area contributed by atoms with Crippen LogP contribution >= 0.6 is 11.6 Å². The highest BCUT2D eigenvalue weighted by Gasteiger charge is 2.41. The SMILES string of the molecule is CCOC(=O)C1=C(C)NC(=O)N(C(=O)CCl)[C@H]1c1ccccc1. The molecule has 0 fully saturated rings. The van der Waals surface area contributed by atoms with Crippen molar-refractivity contribution >= 4 is 29.5 Å². The quantitative estimate of drug-likeness (QED) is 0.676. The van der Waals surface area contributed by atoms with Crippen molar-refractivity contribution in [2.24, 2.45) is 0 Å². The highest BCUT2D eigenvalue weighted by atomic mass is 35.5. The highest BCUT2D eigenvalue weighted by molar-refractivity contribution is 6.28. The van der Waals surface area contributed by atoms with Crippen molar-refractivity contribution in [3.8, 4) is 0 Å². The van der Waals surface area contributed by atoms with E-state index >= 15 is 0 Å². The summed E-state index contributed by atoms with van der Waals surface area (Å²) in [6.45, 7) is 3.48. The average molecular weight is 337 g/mol. The van der Waals surface area contributed by atoms with E-state index in [2.05, 4.69) is 5.32 Å². The summed E-state index contributed by atoms with van der Waals surface area (Å²) in [7, 11) is 0. The number of hydrogen-bond donors (Lipinski definition) is 1. The first-order valence-electron chi connectivity index (χ1n) is 7.13. The van der Waals surface area contributed by atoms with Gasteiger partial charge in [-0.25, -0.2) is 9.59 Å². The molecule has 122 valence electrons. The number of amides is 3. The fraction of sp³-hybridized carbons (Fsp3) is 0.312. The molecule has 0 aromatic heterocycles. The van der Waals surface area contributed by atoms with Crippen LogP contribution in [0.4, 0.5) is 4.79 Å². The van der Waals surface area contributed by atoms with Gasteiger partial charge in [0.15, 0.2) is 0 Å². The smallest absolute Gasteiger partial charge is 0.338 e. The molecule has 0 radical (unpaired) electrons. The number of alkyl halides is 1. The summed E-state index contributed by atoms with van der Waals surface area (Å²) in [5.41, 5.74) is 1.21. The fourth-order valence-electron chi connectivity index (χ4n) is 2.49. The van der Waals surface area contributed by atoms with Crippen LogP contribution in [0.5, 0.6) is 0 Å². The van der Waals surface area contributed by atoms with Gasteiger partial charge in [-0.3, -0.25) is 9.69 Å². The predicted octanol–water partition coefficient (Wildman–Crippen LogP) is 2.36. The minimum absolute atomic E-state index is 0.189. The Kier molecular flexibility index (Phi) is 5.39. The predicted molar refractivity (Wildman–Crippen MR) is 84.6 cm³/mol. The molecule has 1 aliphatic rings. The number of rotatable bonds is 4. The number of allylic oxidation sites excluding steroid dienone is 1. The van der Waals surface area contributed by atoms with Crippen LogP contribution in [0.2, 0.25) is 0 Å². The maximum absolute atomic E-state index is 12.4. The summed E-state index contributed by atoms with van der Waals surface area (Å²) in [4.78, 5) is 37.7. The van der Waals surface area contributed by atoms with Crippen LogP contribution in [0.25, 0.3) is 0 Å². The molecule has 1 aromatic carbocycles. The standard InChI is InChI=1S/C16H17ClN2O4/c1-3-23-15(21)13-10(2)18-16(22)19(12(20)9-17)14(13)11-7-5-4-6-8-11/h4-8,14H,3,9H2,1-2H3,(H,18,22)/t14-/m0/s1. The zero-order valence-electron chi connectivity index (χ0n) is 12.8. The van der Waals surface area contributed by atoms with Gasteiger partial charge in [-0.1, -0.05) is 30.3 Å². The third-order valence-electron chi connectivity index (χ3n) is 3.44. The third-order valence-corrected chi connectivity index (χ3v) is 3.67. The summed E-state index contributed by atoms with van der Waals surface area (Å²) in [5.74, 6) is -1.54. The molecular formula is C16H17ClN2O4. The van der Waals surface area contributed by atoms with Gasteiger partial charge >= 0.3 is 12.0 Å². The second-order valence-corrected chi connectivity index (χ2v) is 5.17. The number of ether oxygens (including phenoxy) is 1. The van der Waals surface area contributed by atoms with Crippen LogP contribution < -0.4 is 5.32 Å². The van der Waals surface area contributed by atoms with Gasteiger partial charge in [0.2, 0.25) is 5.91 Å². The lowest BCUT2D eigenvalue weighted by molar-refractivity contribution is -0.139. The van der Waals surface area contributed by atoms with E-state index in [1.54, 1.807) is 44.2 Å². The second kappa shape index (κ2) is 7.28. The molecule has 3 amide bonds. The van der Waals surface area contributed by atoms with Crippen molar-refractivity contribution in [1.82, 2.24) is 10.2 Å². The molecule has 2 rings (SSSR count). The summed E-state index contributed by atoms with van der Waals surface area (Å²) < 4.78 is 5.08. The molecule has 0 bridgehead atoms. The van der Waals surface area contributed by atoms with Gasteiger partial charge in [-0.15, -0.1) is 11.6 Å². The molecule has 0 spiro atoms. The topological polar surface area (TPSA) is 75.7 Å². The number of carbonyl (C=O) groups is 3. The maximum atomic E-state index is 12.4. The van der Waals surface area contributed by atoms with E-state index in [1.807, 2.05) is 0 Å². The van der Waals surface area contributed by atoms with Crippen LogP contribution in [0, 0.1) is 0 Å². The van der Waals surface area contributed by atoms with Gasteiger partial charge in [0.05, 0.1) is 12.2 Å². The molecular weight excluding hydrogens is 320 g/mol. The van der Waals surface area contributed by atoms with Crippen LogP contribution in [-0.2, 0) is 14.3 Å². The summed E-state index contributed by atoms with van der Waals surface area (Å²) in [6.07, 6.45) is 0. The molecule has 0 saturated heterocycles. The first-order valence-corrected chi connectivity index (χ1v) is 7.66. The van der Waals surface area contributed by atoms with Gasteiger partial charge < -0.3 is 10.1 Å². The molecule has 0 aliphatic carbocycles. The molecule has 0 unspecified atom stereocenters. The zero-order valence-corrected chi connectivity index (χ0v) is 13.6. The van der Waals surface area contributed by atoms with Crippen LogP contribution in [-0.4, -0.2) is 35.3 Å². The van der Waals surface area contributed by atoms with E-state index in [0.717, 1.165) is 4.90 Å². The van der Waals surface area contributed by atoms with E-state index in [1.165, 1.54) is 0 Å². The molecule has 1 aromatic rings. The Bertz CT molecular complexity index is 657. The lowest BCUT2D eigenvalue weighted by Gasteiger charge is -2.36. The Morgan fingerprint density at radius 3 is 2.52 bits per heavy atom. The Balaban J connectivity index is 2.60. The number of hydrogen-bond acceptors (Lipinski definition) is 4. The fourth-order valence-corrected chi connectivity index (χ4v) is 2.61. The number of nitrogens with zero attached hydrogens (tertiary/aromatic N) is 1. The van der Waals surface area contributed by atoms with E-state index in [-0.39, 0.29) is 18.1 Å². The molecule has 1 heterocycles. The first kappa shape index (κ1) is 17.0. The molecule has 1 N–H and O–H groups in total. The minimum Gasteiger partial charge on any atom is -0.463 e. The monoisotopic (exact) mass is 336 g/mol. The summed E-state index contributed by atoms with van der Waals surface area (Å²) in [5, 5.41) is 2.52. The number of nitrogens with one attached hydrogen (secondary N) is 1. The number of esters is 1. The lowest BCUT2D eigenvalue weighted by Crippen LogP contribution is -2.51. The minimum atomic E-state index is -0.866. The third kappa shape index (κ3) is 3.37. The van der Waals surface area contributed by atoms with Crippen molar-refractivity contribution in [3.05, 3.63) is 47.2 Å². The first-order chi connectivity index (χ1) is 11.0. The average Bonchev–Trinajstić information content (AvgIpc) is 2.54. The Morgan fingerprint density at radius 2 is 1.96 bits per heavy atom.